The van der Waals surface area contributed by atoms with Crippen LogP contribution < -0.4 is 5.32 Å². The molecule has 4 heteroatoms. The summed E-state index contributed by atoms with van der Waals surface area (Å²) in [6, 6.07) is 0.835. The van der Waals surface area contributed by atoms with E-state index in [1.165, 1.54) is 63.6 Å². The quantitative estimate of drug-likeness (QED) is 0.784. The fraction of sp³-hybridized carbons (Fsp3) is 1.00. The van der Waals surface area contributed by atoms with E-state index in [0.717, 1.165) is 6.04 Å². The van der Waals surface area contributed by atoms with Crippen molar-refractivity contribution in [1.29, 1.82) is 0 Å². The zero-order valence-corrected chi connectivity index (χ0v) is 11.3. The van der Waals surface area contributed by atoms with Crippen molar-refractivity contribution in [3.05, 3.63) is 0 Å². The number of nitrogens with one attached hydrogen (secondary N) is 1. The zero-order chi connectivity index (χ0) is 11.2. The summed E-state index contributed by atoms with van der Waals surface area (Å²) in [5.41, 5.74) is 0. The van der Waals surface area contributed by atoms with E-state index in [4.69, 9.17) is 0 Å². The number of rotatable bonds is 4. The molecular weight excluding hydrogens is 218 g/mol. The molecule has 1 unspecified atom stereocenters. The lowest BCUT2D eigenvalue weighted by atomic mass is 10.1. The topological polar surface area (TPSA) is 18.5 Å². The minimum absolute atomic E-state index is 0.835. The van der Waals surface area contributed by atoms with Crippen LogP contribution in [0.1, 0.15) is 12.8 Å². The predicted octanol–water partition coefficient (Wildman–Crippen LogP) is 0.719. The summed E-state index contributed by atoms with van der Waals surface area (Å²) >= 11 is 2.13. The Labute approximate surface area is 104 Å². The standard InChI is InChI=1S/C12H25N3S/c1-14(12-3-2-10-16-11-12)8-9-15-6-4-13-5-7-15/h12-13H,2-11H2,1H3. The molecule has 2 aliphatic rings. The molecule has 2 fully saturated rings. The van der Waals surface area contributed by atoms with Gasteiger partial charge in [-0.25, -0.2) is 0 Å². The summed E-state index contributed by atoms with van der Waals surface area (Å²) in [6.07, 6.45) is 2.82. The van der Waals surface area contributed by atoms with Gasteiger partial charge in [-0.3, -0.25) is 4.90 Å². The Morgan fingerprint density at radius 3 is 2.88 bits per heavy atom. The first kappa shape index (κ1) is 12.7. The lowest BCUT2D eigenvalue weighted by Crippen LogP contribution is -2.47. The van der Waals surface area contributed by atoms with E-state index in [2.05, 4.69) is 33.9 Å². The smallest absolute Gasteiger partial charge is 0.0184 e. The molecule has 1 atom stereocenters. The Bertz CT molecular complexity index is 189. The third-order valence-electron chi connectivity index (χ3n) is 3.74. The molecule has 0 aromatic heterocycles. The van der Waals surface area contributed by atoms with Gasteiger partial charge in [0.25, 0.3) is 0 Å². The van der Waals surface area contributed by atoms with E-state index in [9.17, 15) is 0 Å². The van der Waals surface area contributed by atoms with Crippen LogP contribution in [0.25, 0.3) is 0 Å². The minimum atomic E-state index is 0.835. The molecule has 16 heavy (non-hydrogen) atoms. The van der Waals surface area contributed by atoms with Crippen molar-refractivity contribution in [1.82, 2.24) is 15.1 Å². The van der Waals surface area contributed by atoms with Gasteiger partial charge in [0.1, 0.15) is 0 Å². The SMILES string of the molecule is CN(CCN1CCNCC1)C1CCCSC1. The molecule has 94 valence electrons. The molecule has 0 aromatic carbocycles. The van der Waals surface area contributed by atoms with E-state index in [0.29, 0.717) is 0 Å². The maximum Gasteiger partial charge on any atom is 0.0184 e. The molecule has 0 bridgehead atoms. The minimum Gasteiger partial charge on any atom is -0.314 e. The second-order valence-corrected chi connectivity index (χ2v) is 6.09. The summed E-state index contributed by atoms with van der Waals surface area (Å²) in [7, 11) is 2.30. The monoisotopic (exact) mass is 243 g/mol. The van der Waals surface area contributed by atoms with E-state index < -0.39 is 0 Å². The molecular formula is C12H25N3S. The molecule has 0 aromatic rings. The van der Waals surface area contributed by atoms with Gasteiger partial charge in [-0.1, -0.05) is 0 Å². The first-order valence-corrected chi connectivity index (χ1v) is 7.73. The van der Waals surface area contributed by atoms with Crippen molar-refractivity contribution in [2.45, 2.75) is 18.9 Å². The third kappa shape index (κ3) is 3.91. The van der Waals surface area contributed by atoms with Crippen LogP contribution in [-0.4, -0.2) is 73.7 Å². The fourth-order valence-electron chi connectivity index (χ4n) is 2.49. The number of hydrogen-bond donors (Lipinski definition) is 1. The van der Waals surface area contributed by atoms with Gasteiger partial charge in [0.2, 0.25) is 0 Å². The van der Waals surface area contributed by atoms with Crippen LogP contribution in [-0.2, 0) is 0 Å². The number of thioether (sulfide) groups is 1. The third-order valence-corrected chi connectivity index (χ3v) is 4.94. The molecule has 0 spiro atoms. The highest BCUT2D eigenvalue weighted by Gasteiger charge is 2.19. The fourth-order valence-corrected chi connectivity index (χ4v) is 3.72. The molecule has 2 aliphatic heterocycles. The van der Waals surface area contributed by atoms with Crippen LogP contribution in [0.2, 0.25) is 0 Å². The maximum absolute atomic E-state index is 3.41. The number of hydrogen-bond acceptors (Lipinski definition) is 4. The van der Waals surface area contributed by atoms with Gasteiger partial charge in [0.15, 0.2) is 0 Å². The van der Waals surface area contributed by atoms with Crippen LogP contribution in [0.3, 0.4) is 0 Å². The highest BCUT2D eigenvalue weighted by molar-refractivity contribution is 7.99. The summed E-state index contributed by atoms with van der Waals surface area (Å²) in [6.45, 7) is 7.29. The van der Waals surface area contributed by atoms with Crippen LogP contribution in [0, 0.1) is 0 Å². The summed E-state index contributed by atoms with van der Waals surface area (Å²) in [5, 5.41) is 3.41. The van der Waals surface area contributed by atoms with E-state index in [-0.39, 0.29) is 0 Å². The largest absolute Gasteiger partial charge is 0.314 e. The summed E-state index contributed by atoms with van der Waals surface area (Å²) < 4.78 is 0. The van der Waals surface area contributed by atoms with E-state index in [1.807, 2.05) is 0 Å². The van der Waals surface area contributed by atoms with Gasteiger partial charge in [0.05, 0.1) is 0 Å². The first-order valence-electron chi connectivity index (χ1n) is 6.57. The zero-order valence-electron chi connectivity index (χ0n) is 10.5. The second-order valence-electron chi connectivity index (χ2n) is 4.94. The molecule has 0 saturated carbocycles. The highest BCUT2D eigenvalue weighted by atomic mass is 32.2. The highest BCUT2D eigenvalue weighted by Crippen LogP contribution is 2.20. The Hall–Kier alpha value is 0.230. The summed E-state index contributed by atoms with van der Waals surface area (Å²) in [4.78, 5) is 5.16. The number of piperazine rings is 1. The number of nitrogens with zero attached hydrogens (tertiary/aromatic N) is 2. The summed E-state index contributed by atoms with van der Waals surface area (Å²) in [5.74, 6) is 2.72. The van der Waals surface area contributed by atoms with E-state index >= 15 is 0 Å². The molecule has 2 rings (SSSR count). The first-order chi connectivity index (χ1) is 7.86. The van der Waals surface area contributed by atoms with Gasteiger partial charge in [-0.2, -0.15) is 11.8 Å². The van der Waals surface area contributed by atoms with Gasteiger partial charge in [0, 0.05) is 51.1 Å². The van der Waals surface area contributed by atoms with Gasteiger partial charge in [-0.15, -0.1) is 0 Å². The Morgan fingerprint density at radius 2 is 2.19 bits per heavy atom. The van der Waals surface area contributed by atoms with Crippen molar-refractivity contribution < 1.29 is 0 Å². The molecule has 0 amide bonds. The average molecular weight is 243 g/mol. The van der Waals surface area contributed by atoms with Crippen molar-refractivity contribution in [3.8, 4) is 0 Å². The molecule has 3 nitrogen and oxygen atoms in total. The van der Waals surface area contributed by atoms with Crippen LogP contribution in [0.5, 0.6) is 0 Å². The van der Waals surface area contributed by atoms with Crippen molar-refractivity contribution in [2.75, 3.05) is 57.8 Å². The van der Waals surface area contributed by atoms with Crippen LogP contribution in [0.15, 0.2) is 0 Å². The van der Waals surface area contributed by atoms with Gasteiger partial charge < -0.3 is 10.2 Å². The molecule has 1 N–H and O–H groups in total. The predicted molar refractivity (Wildman–Crippen MR) is 72.3 cm³/mol. The normalized spacial score (nSPS) is 28.5. The van der Waals surface area contributed by atoms with Gasteiger partial charge in [-0.05, 0) is 25.6 Å². The van der Waals surface area contributed by atoms with E-state index in [1.54, 1.807) is 0 Å². The molecule has 2 saturated heterocycles. The maximum atomic E-state index is 3.41. The average Bonchev–Trinajstić information content (AvgIpc) is 2.38. The van der Waals surface area contributed by atoms with Crippen LogP contribution >= 0.6 is 11.8 Å². The Kier molecular flexibility index (Phi) is 5.42. The lowest BCUT2D eigenvalue weighted by molar-refractivity contribution is 0.178. The van der Waals surface area contributed by atoms with Crippen molar-refractivity contribution >= 4 is 11.8 Å². The van der Waals surface area contributed by atoms with Crippen molar-refractivity contribution in [3.63, 3.8) is 0 Å². The molecule has 0 aliphatic carbocycles. The Balaban J connectivity index is 1.63. The van der Waals surface area contributed by atoms with Gasteiger partial charge >= 0.3 is 0 Å². The van der Waals surface area contributed by atoms with Crippen molar-refractivity contribution in [2.24, 2.45) is 0 Å². The number of likely N-dealkylation sites (N-methyl/N-ethyl adjacent to an activating group) is 1. The molecule has 0 radical (unpaired) electrons. The Morgan fingerprint density at radius 1 is 1.38 bits per heavy atom. The lowest BCUT2D eigenvalue weighted by Gasteiger charge is -2.34. The second kappa shape index (κ2) is 6.84. The molecule has 2 heterocycles. The van der Waals surface area contributed by atoms with Crippen LogP contribution in [0.4, 0.5) is 0 Å².